The molecule has 1 heterocycles. The summed E-state index contributed by atoms with van der Waals surface area (Å²) in [6.45, 7) is 5.22. The highest BCUT2D eigenvalue weighted by molar-refractivity contribution is 6.35. The molecule has 0 saturated carbocycles. The van der Waals surface area contributed by atoms with E-state index in [-0.39, 0.29) is 18.5 Å². The number of carbonyl (C=O) groups is 1. The van der Waals surface area contributed by atoms with Crippen LogP contribution < -0.4 is 5.32 Å². The van der Waals surface area contributed by atoms with Gasteiger partial charge in [0.15, 0.2) is 0 Å². The van der Waals surface area contributed by atoms with E-state index in [1.54, 1.807) is 6.07 Å². The minimum Gasteiger partial charge on any atom is -0.391 e. The number of nitrogens with one attached hydrogen (secondary N) is 1. The van der Waals surface area contributed by atoms with E-state index < -0.39 is 6.10 Å². The van der Waals surface area contributed by atoms with Crippen molar-refractivity contribution in [1.82, 2.24) is 20.0 Å². The van der Waals surface area contributed by atoms with Crippen molar-refractivity contribution in [3.8, 4) is 0 Å². The van der Waals surface area contributed by atoms with Crippen LogP contribution in [-0.2, 0) is 24.3 Å². The lowest BCUT2D eigenvalue weighted by atomic mass is 10.1. The van der Waals surface area contributed by atoms with Gasteiger partial charge in [-0.3, -0.25) is 14.4 Å². The largest absolute Gasteiger partial charge is 0.391 e. The van der Waals surface area contributed by atoms with Crippen molar-refractivity contribution < 1.29 is 9.90 Å². The molecule has 174 valence electrons. The second-order valence-corrected chi connectivity index (χ2v) is 9.50. The molecule has 1 amide bonds. The number of amides is 1. The van der Waals surface area contributed by atoms with Crippen molar-refractivity contribution in [1.29, 1.82) is 0 Å². The molecule has 33 heavy (non-hydrogen) atoms. The molecule has 6 nitrogen and oxygen atoms in total. The summed E-state index contributed by atoms with van der Waals surface area (Å²) in [7, 11) is 1.83. The van der Waals surface area contributed by atoms with Crippen molar-refractivity contribution >= 4 is 29.1 Å². The van der Waals surface area contributed by atoms with Crippen LogP contribution in [0.25, 0.3) is 0 Å². The summed E-state index contributed by atoms with van der Waals surface area (Å²) in [5.74, 6) is -0.124. The molecule has 3 aromatic rings. The normalized spacial score (nSPS) is 17.4. The maximum atomic E-state index is 12.7. The molecule has 0 aliphatic heterocycles. The van der Waals surface area contributed by atoms with Gasteiger partial charge in [0.1, 0.15) is 0 Å². The van der Waals surface area contributed by atoms with Crippen LogP contribution in [0.1, 0.15) is 39.7 Å². The van der Waals surface area contributed by atoms with Gasteiger partial charge in [-0.15, -0.1) is 0 Å². The zero-order valence-electron chi connectivity index (χ0n) is 19.0. The number of hydrogen-bond donors (Lipinski definition) is 2. The Bertz CT molecular complexity index is 1160. The predicted octanol–water partition coefficient (Wildman–Crippen LogP) is 4.06. The highest BCUT2D eigenvalue weighted by atomic mass is 35.5. The van der Waals surface area contributed by atoms with Gasteiger partial charge in [-0.1, -0.05) is 53.5 Å². The fourth-order valence-electron chi connectivity index (χ4n) is 4.63. The number of aromatic nitrogens is 2. The number of rotatable bonds is 7. The van der Waals surface area contributed by atoms with E-state index in [0.29, 0.717) is 29.6 Å². The first kappa shape index (κ1) is 23.8. The summed E-state index contributed by atoms with van der Waals surface area (Å²) in [6, 6.07) is 13.3. The number of carbonyl (C=O) groups excluding carboxylic acids is 1. The smallest absolute Gasteiger partial charge is 0.234 e. The van der Waals surface area contributed by atoms with Gasteiger partial charge in [0, 0.05) is 34.3 Å². The SMILES string of the molecule is Cc1nn(Cc2ccccc2)c(C)c1CNC(=O)CN(C)C1c2cc(Cl)cc(Cl)c2CC1O. The second kappa shape index (κ2) is 9.85. The van der Waals surface area contributed by atoms with Crippen LogP contribution in [0.2, 0.25) is 10.0 Å². The molecule has 0 bridgehead atoms. The third-order valence-electron chi connectivity index (χ3n) is 6.33. The molecule has 2 atom stereocenters. The van der Waals surface area contributed by atoms with Crippen LogP contribution in [0, 0.1) is 13.8 Å². The van der Waals surface area contributed by atoms with E-state index >= 15 is 0 Å². The Balaban J connectivity index is 1.39. The Kier molecular flexibility index (Phi) is 7.10. The summed E-state index contributed by atoms with van der Waals surface area (Å²) < 4.78 is 1.97. The number of nitrogens with zero attached hydrogens (tertiary/aromatic N) is 3. The molecule has 0 radical (unpaired) electrons. The van der Waals surface area contributed by atoms with E-state index in [2.05, 4.69) is 22.5 Å². The van der Waals surface area contributed by atoms with E-state index in [1.807, 2.05) is 54.7 Å². The second-order valence-electron chi connectivity index (χ2n) is 8.66. The van der Waals surface area contributed by atoms with Crippen molar-refractivity contribution in [3.63, 3.8) is 0 Å². The molecule has 2 N–H and O–H groups in total. The molecular formula is C25H28Cl2N4O2. The van der Waals surface area contributed by atoms with Gasteiger partial charge < -0.3 is 10.4 Å². The van der Waals surface area contributed by atoms with E-state index in [9.17, 15) is 9.90 Å². The van der Waals surface area contributed by atoms with Gasteiger partial charge in [0.05, 0.1) is 30.9 Å². The monoisotopic (exact) mass is 486 g/mol. The topological polar surface area (TPSA) is 70.4 Å². The minimum absolute atomic E-state index is 0.124. The summed E-state index contributed by atoms with van der Waals surface area (Å²) >= 11 is 12.5. The standard InChI is InChI=1S/C25H28Cl2N4O2/c1-15-21(16(2)31(29-15)13-17-7-5-4-6-8-17)12-28-24(33)14-30(3)25-20-9-18(26)10-22(27)19(20)11-23(25)32/h4-10,23,25,32H,11-14H2,1-3H3,(H,28,33). The highest BCUT2D eigenvalue weighted by Gasteiger charge is 2.36. The number of fused-ring (bicyclic) bond motifs is 1. The van der Waals surface area contributed by atoms with Crippen molar-refractivity contribution in [3.05, 3.63) is 86.2 Å². The molecule has 2 unspecified atom stereocenters. The lowest BCUT2D eigenvalue weighted by Gasteiger charge is -2.27. The summed E-state index contributed by atoms with van der Waals surface area (Å²) in [5.41, 5.74) is 5.91. The van der Waals surface area contributed by atoms with Gasteiger partial charge in [-0.05, 0) is 49.7 Å². The van der Waals surface area contributed by atoms with Crippen LogP contribution in [0.5, 0.6) is 0 Å². The van der Waals surface area contributed by atoms with E-state index in [0.717, 1.165) is 28.1 Å². The molecular weight excluding hydrogens is 459 g/mol. The van der Waals surface area contributed by atoms with E-state index in [4.69, 9.17) is 23.2 Å². The number of halogens is 2. The first-order valence-corrected chi connectivity index (χ1v) is 11.7. The summed E-state index contributed by atoms with van der Waals surface area (Å²) in [5, 5.41) is 19.4. The zero-order chi connectivity index (χ0) is 23.7. The van der Waals surface area contributed by atoms with E-state index in [1.165, 1.54) is 5.56 Å². The average molecular weight is 487 g/mol. The molecule has 0 fully saturated rings. The van der Waals surface area contributed by atoms with Crippen molar-refractivity contribution in [2.45, 2.75) is 45.5 Å². The summed E-state index contributed by atoms with van der Waals surface area (Å²) in [4.78, 5) is 14.6. The predicted molar refractivity (Wildman–Crippen MR) is 131 cm³/mol. The summed E-state index contributed by atoms with van der Waals surface area (Å²) in [6.07, 6.45) is -0.199. The highest BCUT2D eigenvalue weighted by Crippen LogP contribution is 2.40. The zero-order valence-corrected chi connectivity index (χ0v) is 20.5. The first-order valence-electron chi connectivity index (χ1n) is 10.9. The number of hydrogen-bond acceptors (Lipinski definition) is 4. The Labute approximate surface area is 204 Å². The van der Waals surface area contributed by atoms with Crippen LogP contribution in [0.4, 0.5) is 0 Å². The first-order chi connectivity index (χ1) is 15.7. The van der Waals surface area contributed by atoms with Gasteiger partial charge in [0.2, 0.25) is 5.91 Å². The Morgan fingerprint density at radius 3 is 2.70 bits per heavy atom. The molecule has 1 aliphatic rings. The third-order valence-corrected chi connectivity index (χ3v) is 6.88. The minimum atomic E-state index is -0.644. The van der Waals surface area contributed by atoms with Crippen molar-refractivity contribution in [2.24, 2.45) is 0 Å². The fourth-order valence-corrected chi connectivity index (χ4v) is 5.22. The Morgan fingerprint density at radius 1 is 1.24 bits per heavy atom. The van der Waals surface area contributed by atoms with Crippen LogP contribution in [0.15, 0.2) is 42.5 Å². The number of benzene rings is 2. The lowest BCUT2D eigenvalue weighted by molar-refractivity contribution is -0.123. The molecule has 1 aliphatic carbocycles. The third kappa shape index (κ3) is 5.09. The number of likely N-dealkylation sites (N-methyl/N-ethyl adjacent to an activating group) is 1. The number of aryl methyl sites for hydroxylation is 1. The van der Waals surface area contributed by atoms with Crippen LogP contribution in [-0.4, -0.2) is 45.4 Å². The molecule has 2 aromatic carbocycles. The van der Waals surface area contributed by atoms with Crippen LogP contribution in [0.3, 0.4) is 0 Å². The molecule has 8 heteroatoms. The Hall–Kier alpha value is -2.38. The lowest BCUT2D eigenvalue weighted by Crippen LogP contribution is -2.39. The fraction of sp³-hybridized carbons (Fsp3) is 0.360. The van der Waals surface area contributed by atoms with Crippen LogP contribution >= 0.6 is 23.2 Å². The molecule has 1 aromatic heterocycles. The number of aliphatic hydroxyl groups is 1. The number of aliphatic hydroxyl groups excluding tert-OH is 1. The quantitative estimate of drug-likeness (QED) is 0.528. The molecule has 0 spiro atoms. The Morgan fingerprint density at radius 2 is 1.97 bits per heavy atom. The van der Waals surface area contributed by atoms with Gasteiger partial charge in [0.25, 0.3) is 0 Å². The maximum Gasteiger partial charge on any atom is 0.234 e. The van der Waals surface area contributed by atoms with Gasteiger partial charge >= 0.3 is 0 Å². The van der Waals surface area contributed by atoms with Crippen molar-refractivity contribution in [2.75, 3.05) is 13.6 Å². The molecule has 0 saturated heterocycles. The van der Waals surface area contributed by atoms with Gasteiger partial charge in [-0.25, -0.2) is 0 Å². The van der Waals surface area contributed by atoms with Gasteiger partial charge in [-0.2, -0.15) is 5.10 Å². The average Bonchev–Trinajstić information content (AvgIpc) is 3.23. The molecule has 4 rings (SSSR count). The maximum absolute atomic E-state index is 12.7.